The van der Waals surface area contributed by atoms with E-state index in [9.17, 15) is 0 Å². The van der Waals surface area contributed by atoms with Crippen molar-refractivity contribution in [3.05, 3.63) is 191 Å². The van der Waals surface area contributed by atoms with Crippen molar-refractivity contribution in [2.75, 3.05) is 9.80 Å². The van der Waals surface area contributed by atoms with Gasteiger partial charge in [-0.2, -0.15) is 0 Å². The van der Waals surface area contributed by atoms with E-state index in [0.29, 0.717) is 0 Å². The SMILES string of the molecule is Cc1ccc(C)c(N(c2ccc3cc4c(cc3c2)oc2c4ccc3c4cc5ccc(N(c6ccccc6C)c6cc(C)ccc6C)cc5cc4oc32)c2ccccc2C)c1. The van der Waals surface area contributed by atoms with E-state index in [1.54, 1.807) is 0 Å². The minimum atomic E-state index is 0.775. The first-order valence-electron chi connectivity index (χ1n) is 20.7. The third kappa shape index (κ3) is 5.74. The van der Waals surface area contributed by atoms with Crippen LogP contribution in [0.2, 0.25) is 0 Å². The Kier molecular flexibility index (Phi) is 8.15. The first-order valence-corrected chi connectivity index (χ1v) is 20.7. The number of furan rings is 2. The van der Waals surface area contributed by atoms with E-state index in [2.05, 4.69) is 209 Å². The highest BCUT2D eigenvalue weighted by Gasteiger charge is 2.21. The maximum Gasteiger partial charge on any atom is 0.178 e. The number of benzene rings is 9. The van der Waals surface area contributed by atoms with Crippen molar-refractivity contribution in [2.45, 2.75) is 41.5 Å². The van der Waals surface area contributed by atoms with Crippen LogP contribution in [0.25, 0.3) is 65.4 Å². The molecule has 0 radical (unpaired) electrons. The van der Waals surface area contributed by atoms with Crippen molar-refractivity contribution in [1.29, 1.82) is 0 Å². The molecule has 11 rings (SSSR count). The third-order valence-corrected chi connectivity index (χ3v) is 12.4. The Balaban J connectivity index is 1.04. The molecule has 11 aromatic rings. The summed E-state index contributed by atoms with van der Waals surface area (Å²) >= 11 is 0. The number of nitrogens with zero attached hydrogens (tertiary/aromatic N) is 2. The summed E-state index contributed by atoms with van der Waals surface area (Å²) in [5.74, 6) is 0. The van der Waals surface area contributed by atoms with E-state index in [1.165, 1.54) is 44.8 Å². The minimum absolute atomic E-state index is 0.775. The van der Waals surface area contributed by atoms with Gasteiger partial charge in [-0.3, -0.25) is 0 Å². The number of rotatable bonds is 6. The second-order valence-corrected chi connectivity index (χ2v) is 16.6. The lowest BCUT2D eigenvalue weighted by Gasteiger charge is -2.29. The first-order chi connectivity index (χ1) is 29.2. The van der Waals surface area contributed by atoms with Gasteiger partial charge in [-0.05, 0) is 181 Å². The number of fused-ring (bicyclic) bond motifs is 9. The zero-order valence-corrected chi connectivity index (χ0v) is 34.7. The molecular weight excluding hydrogens is 733 g/mol. The van der Waals surface area contributed by atoms with Crippen molar-refractivity contribution < 1.29 is 8.83 Å². The fourth-order valence-electron chi connectivity index (χ4n) is 9.17. The molecule has 0 aliphatic carbocycles. The molecule has 290 valence electrons. The Morgan fingerprint density at radius 2 is 0.733 bits per heavy atom. The minimum Gasteiger partial charge on any atom is -0.452 e. The highest BCUT2D eigenvalue weighted by atomic mass is 16.4. The summed E-state index contributed by atoms with van der Waals surface area (Å²) in [4.78, 5) is 4.77. The molecule has 0 saturated heterocycles. The fraction of sp³-hybridized carbons (Fsp3) is 0.107. The molecule has 60 heavy (non-hydrogen) atoms. The summed E-state index contributed by atoms with van der Waals surface area (Å²) in [5, 5.41) is 8.81. The van der Waals surface area contributed by atoms with Crippen LogP contribution >= 0.6 is 0 Å². The van der Waals surface area contributed by atoms with Crippen LogP contribution in [0.5, 0.6) is 0 Å². The number of hydrogen-bond donors (Lipinski definition) is 0. The second kappa shape index (κ2) is 13.6. The van der Waals surface area contributed by atoms with E-state index in [4.69, 9.17) is 8.83 Å². The normalized spacial score (nSPS) is 11.8. The van der Waals surface area contributed by atoms with E-state index < -0.39 is 0 Å². The predicted molar refractivity (Wildman–Crippen MR) is 254 cm³/mol. The average molecular weight is 777 g/mol. The van der Waals surface area contributed by atoms with Crippen LogP contribution < -0.4 is 9.80 Å². The maximum absolute atomic E-state index is 6.79. The Labute approximate surface area is 349 Å². The van der Waals surface area contributed by atoms with Gasteiger partial charge in [0.1, 0.15) is 11.2 Å². The van der Waals surface area contributed by atoms with Crippen LogP contribution in [0.15, 0.2) is 167 Å². The van der Waals surface area contributed by atoms with Crippen LogP contribution in [0.3, 0.4) is 0 Å². The summed E-state index contributed by atoms with van der Waals surface area (Å²) in [6, 6.07) is 57.3. The van der Waals surface area contributed by atoms with Gasteiger partial charge in [-0.1, -0.05) is 72.8 Å². The highest BCUT2D eigenvalue weighted by Crippen LogP contribution is 2.45. The molecule has 0 atom stereocenters. The molecule has 2 heterocycles. The molecule has 0 N–H and O–H groups in total. The highest BCUT2D eigenvalue weighted by molar-refractivity contribution is 6.21. The van der Waals surface area contributed by atoms with Crippen molar-refractivity contribution in [2.24, 2.45) is 0 Å². The van der Waals surface area contributed by atoms with Gasteiger partial charge >= 0.3 is 0 Å². The van der Waals surface area contributed by atoms with E-state index in [-0.39, 0.29) is 0 Å². The molecule has 0 amide bonds. The molecule has 0 fully saturated rings. The van der Waals surface area contributed by atoms with Gasteiger partial charge < -0.3 is 18.6 Å². The number of anilines is 6. The molecule has 0 spiro atoms. The Morgan fingerprint density at radius 1 is 0.317 bits per heavy atom. The monoisotopic (exact) mass is 776 g/mol. The van der Waals surface area contributed by atoms with Gasteiger partial charge in [0.05, 0.1) is 0 Å². The largest absolute Gasteiger partial charge is 0.452 e. The van der Waals surface area contributed by atoms with Gasteiger partial charge in [0.25, 0.3) is 0 Å². The first kappa shape index (κ1) is 35.8. The Morgan fingerprint density at radius 3 is 1.17 bits per heavy atom. The van der Waals surface area contributed by atoms with Gasteiger partial charge in [0.2, 0.25) is 0 Å². The lowest BCUT2D eigenvalue weighted by Crippen LogP contribution is -2.12. The summed E-state index contributed by atoms with van der Waals surface area (Å²) in [6.45, 7) is 13.0. The third-order valence-electron chi connectivity index (χ3n) is 12.4. The standard InChI is InChI=1S/C56H44N2O2/c1-33-15-17-37(5)51(25-33)57(49-13-9-7-11-35(49)3)43-21-19-39-29-47-45-23-24-46-48-30-40-20-22-44(58(50-14-10-8-12-36(50)4)52-26-34(2)16-18-38(52)6)28-42(40)32-54(48)60-56(46)55(45)59-53(47)31-41(39)27-43/h7-32H,1-6H3. The lowest BCUT2D eigenvalue weighted by molar-refractivity contribution is 0.634. The van der Waals surface area contributed by atoms with E-state index in [1.807, 2.05) is 0 Å². The van der Waals surface area contributed by atoms with Crippen LogP contribution in [0, 0.1) is 41.5 Å². The van der Waals surface area contributed by atoms with Crippen LogP contribution in [0.1, 0.15) is 33.4 Å². The molecule has 0 aliphatic rings. The summed E-state index contributed by atoms with van der Waals surface area (Å²) < 4.78 is 13.6. The number of para-hydroxylation sites is 2. The molecular formula is C56H44N2O2. The van der Waals surface area contributed by atoms with Crippen LogP contribution in [-0.4, -0.2) is 0 Å². The smallest absolute Gasteiger partial charge is 0.178 e. The number of aryl methyl sites for hydroxylation is 6. The zero-order chi connectivity index (χ0) is 40.8. The topological polar surface area (TPSA) is 32.8 Å². The van der Waals surface area contributed by atoms with Crippen LogP contribution in [0.4, 0.5) is 34.1 Å². The van der Waals surface area contributed by atoms with Gasteiger partial charge in [0, 0.05) is 55.7 Å². The zero-order valence-electron chi connectivity index (χ0n) is 34.7. The average Bonchev–Trinajstić information content (AvgIpc) is 3.80. The quantitative estimate of drug-likeness (QED) is 0.168. The van der Waals surface area contributed by atoms with E-state index >= 15 is 0 Å². The van der Waals surface area contributed by atoms with Crippen molar-refractivity contribution in [3.8, 4) is 0 Å². The second-order valence-electron chi connectivity index (χ2n) is 16.6. The predicted octanol–water partition coefficient (Wildman–Crippen LogP) is 16.6. The fourth-order valence-corrected chi connectivity index (χ4v) is 9.17. The molecule has 9 aromatic carbocycles. The van der Waals surface area contributed by atoms with Gasteiger partial charge in [0.15, 0.2) is 11.2 Å². The number of hydrogen-bond acceptors (Lipinski definition) is 4. The van der Waals surface area contributed by atoms with Gasteiger partial charge in [-0.15, -0.1) is 0 Å². The molecule has 0 saturated carbocycles. The molecule has 4 nitrogen and oxygen atoms in total. The molecule has 0 bridgehead atoms. The summed E-state index contributed by atoms with van der Waals surface area (Å²) in [6.07, 6.45) is 0. The van der Waals surface area contributed by atoms with Crippen LogP contribution in [-0.2, 0) is 0 Å². The molecule has 0 unspecified atom stereocenters. The van der Waals surface area contributed by atoms with Crippen molar-refractivity contribution >= 4 is 99.5 Å². The van der Waals surface area contributed by atoms with Crippen molar-refractivity contribution in [1.82, 2.24) is 0 Å². The maximum atomic E-state index is 6.79. The molecule has 2 aromatic heterocycles. The van der Waals surface area contributed by atoms with Gasteiger partial charge in [-0.25, -0.2) is 0 Å². The molecule has 0 aliphatic heterocycles. The van der Waals surface area contributed by atoms with Crippen molar-refractivity contribution in [3.63, 3.8) is 0 Å². The van der Waals surface area contributed by atoms with E-state index in [0.717, 1.165) is 88.2 Å². The Hall–Kier alpha value is -7.30. The lowest BCUT2D eigenvalue weighted by atomic mass is 10.0. The Bertz CT molecular complexity index is 3300. The molecule has 4 heteroatoms. The summed E-state index contributed by atoms with van der Waals surface area (Å²) in [5.41, 5.74) is 17.5. The summed E-state index contributed by atoms with van der Waals surface area (Å²) in [7, 11) is 0.